The van der Waals surface area contributed by atoms with Crippen molar-refractivity contribution in [3.05, 3.63) is 0 Å². The molecule has 6 N–H and O–H groups in total. The normalized spacial score (nSPS) is 7.30. The molecule has 0 fully saturated rings. The van der Waals surface area contributed by atoms with Crippen molar-refractivity contribution in [3.8, 4) is 0 Å². The molecular weight excluding hydrogens is 230 g/mol. The molecule has 0 radical (unpaired) electrons. The second-order valence-corrected chi connectivity index (χ2v) is 1.23. The van der Waals surface area contributed by atoms with E-state index >= 15 is 0 Å². The third-order valence-corrected chi connectivity index (χ3v) is 0.522. The van der Waals surface area contributed by atoms with Crippen LogP contribution in [0.3, 0.4) is 0 Å². The fraction of sp³-hybridized carbons (Fsp3) is 0.333. The van der Waals surface area contributed by atoms with Crippen LogP contribution in [0.25, 0.3) is 0 Å². The summed E-state index contributed by atoms with van der Waals surface area (Å²) in [5.41, 5.74) is 9.75. The number of nitrogens with two attached hydrogens (primary N) is 3. The summed E-state index contributed by atoms with van der Waals surface area (Å²) in [4.78, 5) is 17.2. The quantitative estimate of drug-likeness (QED) is 0.216. The van der Waals surface area contributed by atoms with Crippen molar-refractivity contribution in [1.29, 1.82) is 0 Å². The number of guanidine groups is 1. The van der Waals surface area contributed by atoms with Crippen molar-refractivity contribution in [2.45, 2.75) is 0 Å². The van der Waals surface area contributed by atoms with Crippen molar-refractivity contribution in [3.63, 3.8) is 0 Å². The van der Waals surface area contributed by atoms with Crippen molar-refractivity contribution in [2.75, 3.05) is 6.54 Å². The van der Waals surface area contributed by atoms with E-state index in [1.165, 1.54) is 0 Å². The number of rotatable bonds is 2. The first-order chi connectivity index (χ1) is 4.16. The predicted octanol–water partition coefficient (Wildman–Crippen LogP) is -2.33. The molecule has 0 aromatic rings. The van der Waals surface area contributed by atoms with Gasteiger partial charge in [0.15, 0.2) is 5.96 Å². The monoisotopic (exact) mass is 238 g/mol. The SMILES string of the molecule is NOC(=O)CN=C(N)N.[Pd]. The Morgan fingerprint density at radius 3 is 2.30 bits per heavy atom. The number of carbonyl (C=O) groups excluding carboxylic acids is 1. The van der Waals surface area contributed by atoms with E-state index < -0.39 is 5.97 Å². The number of aliphatic imine (C=N–C) groups is 1. The molecule has 7 heteroatoms. The van der Waals surface area contributed by atoms with E-state index in [0.29, 0.717) is 0 Å². The Hall–Kier alpha value is -0.638. The number of hydrogen-bond donors (Lipinski definition) is 3. The minimum absolute atomic E-state index is 0. The van der Waals surface area contributed by atoms with Gasteiger partial charge in [-0.15, -0.1) is 0 Å². The maximum Gasteiger partial charge on any atom is 0.346 e. The van der Waals surface area contributed by atoms with Crippen LogP contribution in [0, 0.1) is 0 Å². The van der Waals surface area contributed by atoms with Crippen LogP contribution in [0.15, 0.2) is 4.99 Å². The van der Waals surface area contributed by atoms with E-state index in [4.69, 9.17) is 11.5 Å². The Morgan fingerprint density at radius 2 is 2.00 bits per heavy atom. The first-order valence-electron chi connectivity index (χ1n) is 2.11. The second-order valence-electron chi connectivity index (χ2n) is 1.23. The molecule has 0 aliphatic rings. The van der Waals surface area contributed by atoms with Gasteiger partial charge in [0.1, 0.15) is 6.54 Å². The van der Waals surface area contributed by atoms with Gasteiger partial charge in [0.05, 0.1) is 0 Å². The molecule has 0 atom stereocenters. The van der Waals surface area contributed by atoms with Gasteiger partial charge in [-0.25, -0.2) is 9.79 Å². The maximum atomic E-state index is 10.2. The summed E-state index contributed by atoms with van der Waals surface area (Å²) in [7, 11) is 0. The Kier molecular flexibility index (Phi) is 7.83. The van der Waals surface area contributed by atoms with E-state index in [2.05, 4.69) is 15.7 Å². The zero-order valence-corrected chi connectivity index (χ0v) is 6.57. The molecule has 0 bridgehead atoms. The summed E-state index contributed by atoms with van der Waals surface area (Å²) in [6.07, 6.45) is 0. The topological polar surface area (TPSA) is 117 Å². The average Bonchev–Trinajstić information content (AvgIpc) is 1.83. The van der Waals surface area contributed by atoms with Gasteiger partial charge in [-0.2, -0.15) is 5.90 Å². The molecule has 0 amide bonds. The Labute approximate surface area is 71.4 Å². The summed E-state index contributed by atoms with van der Waals surface area (Å²) in [6, 6.07) is 0. The Balaban J connectivity index is 0. The van der Waals surface area contributed by atoms with Crippen molar-refractivity contribution < 1.29 is 30.1 Å². The van der Waals surface area contributed by atoms with Gasteiger partial charge in [-0.3, -0.25) is 0 Å². The smallest absolute Gasteiger partial charge is 0.346 e. The van der Waals surface area contributed by atoms with Crippen molar-refractivity contribution in [1.82, 2.24) is 0 Å². The average molecular weight is 239 g/mol. The van der Waals surface area contributed by atoms with Crippen LogP contribution >= 0.6 is 0 Å². The van der Waals surface area contributed by atoms with Gasteiger partial charge >= 0.3 is 5.97 Å². The molecule has 0 saturated heterocycles. The van der Waals surface area contributed by atoms with Crippen LogP contribution < -0.4 is 17.4 Å². The van der Waals surface area contributed by atoms with Gasteiger partial charge in [0.2, 0.25) is 0 Å². The van der Waals surface area contributed by atoms with Gasteiger partial charge in [-0.05, 0) is 0 Å². The van der Waals surface area contributed by atoms with Crippen LogP contribution in [0.1, 0.15) is 0 Å². The molecule has 0 heterocycles. The van der Waals surface area contributed by atoms with Gasteiger partial charge in [0, 0.05) is 20.4 Å². The molecule has 6 nitrogen and oxygen atoms in total. The van der Waals surface area contributed by atoms with Crippen LogP contribution in [0.5, 0.6) is 0 Å². The van der Waals surface area contributed by atoms with E-state index in [1.807, 2.05) is 0 Å². The van der Waals surface area contributed by atoms with E-state index in [0.717, 1.165) is 0 Å². The van der Waals surface area contributed by atoms with Gasteiger partial charge in [-0.1, -0.05) is 0 Å². The first kappa shape index (κ1) is 12.1. The Morgan fingerprint density at radius 1 is 1.50 bits per heavy atom. The molecule has 0 aromatic heterocycles. The van der Waals surface area contributed by atoms with E-state index in [-0.39, 0.29) is 32.9 Å². The summed E-state index contributed by atoms with van der Waals surface area (Å²) >= 11 is 0. The number of nitrogens with zero attached hydrogens (tertiary/aromatic N) is 1. The molecule has 0 spiro atoms. The third-order valence-electron chi connectivity index (χ3n) is 0.522. The zero-order chi connectivity index (χ0) is 7.28. The standard InChI is InChI=1S/C3H8N4O2.Pd/c4-3(5)7-1-2(8)9-6;/h1,6H2,(H4,4,5,7);. The Bertz CT molecular complexity index is 132. The van der Waals surface area contributed by atoms with Gasteiger partial charge < -0.3 is 16.3 Å². The summed E-state index contributed by atoms with van der Waals surface area (Å²) in [6.45, 7) is -0.237. The molecule has 0 unspecified atom stereocenters. The van der Waals surface area contributed by atoms with Crippen LogP contribution in [0.2, 0.25) is 0 Å². The molecule has 0 aromatic carbocycles. The zero-order valence-electron chi connectivity index (χ0n) is 5.02. The van der Waals surface area contributed by atoms with Crippen LogP contribution in [0.4, 0.5) is 0 Å². The van der Waals surface area contributed by atoms with Crippen LogP contribution in [-0.4, -0.2) is 18.5 Å². The summed E-state index contributed by atoms with van der Waals surface area (Å²) < 4.78 is 0. The van der Waals surface area contributed by atoms with Gasteiger partial charge in [0.25, 0.3) is 0 Å². The minimum atomic E-state index is -0.677. The number of hydrogen-bond acceptors (Lipinski definition) is 4. The molecular formula is C3H8N4O2Pd. The van der Waals surface area contributed by atoms with Crippen LogP contribution in [-0.2, 0) is 30.1 Å². The number of carbonyl (C=O) groups is 1. The first-order valence-corrected chi connectivity index (χ1v) is 2.11. The largest absolute Gasteiger partial charge is 0.372 e. The second kappa shape index (κ2) is 6.48. The molecule has 62 valence electrons. The molecule has 10 heavy (non-hydrogen) atoms. The molecule has 0 aliphatic heterocycles. The third kappa shape index (κ3) is 7.36. The fourth-order valence-corrected chi connectivity index (χ4v) is 0.193. The molecule has 0 saturated carbocycles. The summed E-state index contributed by atoms with van der Waals surface area (Å²) in [5.74, 6) is 3.61. The minimum Gasteiger partial charge on any atom is -0.372 e. The predicted molar refractivity (Wildman–Crippen MR) is 31.0 cm³/mol. The van der Waals surface area contributed by atoms with Crippen molar-refractivity contribution in [2.24, 2.45) is 22.4 Å². The van der Waals surface area contributed by atoms with Crippen molar-refractivity contribution >= 4 is 11.9 Å². The van der Waals surface area contributed by atoms with E-state index in [1.54, 1.807) is 0 Å². The molecule has 0 aliphatic carbocycles. The maximum absolute atomic E-state index is 10.2. The van der Waals surface area contributed by atoms with E-state index in [9.17, 15) is 4.79 Å². The fourth-order valence-electron chi connectivity index (χ4n) is 0.193. The molecule has 0 rings (SSSR count). The summed E-state index contributed by atoms with van der Waals surface area (Å²) in [5, 5.41) is 0.